The quantitative estimate of drug-likeness (QED) is 0.675. The van der Waals surface area contributed by atoms with E-state index >= 15 is 0 Å². The van der Waals surface area contributed by atoms with Crippen LogP contribution in [-0.2, 0) is 0 Å². The second-order valence-corrected chi connectivity index (χ2v) is 4.54. The van der Waals surface area contributed by atoms with Crippen molar-refractivity contribution in [1.29, 1.82) is 10.5 Å². The van der Waals surface area contributed by atoms with Crippen molar-refractivity contribution in [1.82, 2.24) is 9.97 Å². The average molecular weight is 303 g/mol. The molecule has 0 saturated heterocycles. The molecule has 0 fully saturated rings. The van der Waals surface area contributed by atoms with Gasteiger partial charge in [-0.25, -0.2) is 9.97 Å². The lowest BCUT2D eigenvalue weighted by molar-refractivity contribution is 0.302. The molecule has 1 aromatic heterocycles. The predicted octanol–water partition coefficient (Wildman–Crippen LogP) is 0.511. The molecule has 1 rings (SSSR count). The molecule has 0 aliphatic heterocycles. The highest BCUT2D eigenvalue weighted by Crippen LogP contribution is 2.28. The van der Waals surface area contributed by atoms with Crippen LogP contribution in [0, 0.1) is 22.7 Å². The van der Waals surface area contributed by atoms with E-state index < -0.39 is 0 Å². The van der Waals surface area contributed by atoms with E-state index in [1.165, 1.54) is 6.33 Å². The fourth-order valence-electron chi connectivity index (χ4n) is 2.11. The van der Waals surface area contributed by atoms with Crippen LogP contribution < -0.4 is 15.5 Å². The van der Waals surface area contributed by atoms with Gasteiger partial charge in [-0.3, -0.25) is 0 Å². The molecule has 0 aliphatic carbocycles. The highest BCUT2D eigenvalue weighted by Gasteiger charge is 2.18. The van der Waals surface area contributed by atoms with Crippen molar-refractivity contribution in [3.8, 4) is 12.1 Å². The molecule has 0 saturated carbocycles. The van der Waals surface area contributed by atoms with E-state index in [2.05, 4.69) is 22.1 Å². The van der Waals surface area contributed by atoms with E-state index in [4.69, 9.17) is 21.4 Å². The minimum atomic E-state index is -0.000798. The molecule has 0 aromatic carbocycles. The maximum Gasteiger partial charge on any atom is 0.157 e. The summed E-state index contributed by atoms with van der Waals surface area (Å²) in [5, 5.41) is 26.7. The number of nitriles is 2. The molecule has 1 aromatic rings. The molecule has 1 heterocycles. The number of hydrogen-bond donors (Lipinski definition) is 2. The Morgan fingerprint density at radius 1 is 1.09 bits per heavy atom. The van der Waals surface area contributed by atoms with Gasteiger partial charge < -0.3 is 20.6 Å². The Labute approximate surface area is 130 Å². The van der Waals surface area contributed by atoms with Crippen LogP contribution in [-0.4, -0.2) is 47.9 Å². The van der Waals surface area contributed by atoms with Gasteiger partial charge >= 0.3 is 0 Å². The zero-order valence-electron chi connectivity index (χ0n) is 12.7. The van der Waals surface area contributed by atoms with Crippen molar-refractivity contribution in [2.75, 3.05) is 48.3 Å². The number of likely N-dealkylation sites (N-methyl/N-ethyl adjacent to an activating group) is 1. The summed E-state index contributed by atoms with van der Waals surface area (Å²) >= 11 is 0. The number of nitrogens with two attached hydrogens (primary N) is 1. The molecule has 0 aliphatic rings. The number of hydrogen-bond acceptors (Lipinski definition) is 8. The first-order valence-corrected chi connectivity index (χ1v) is 7.14. The molecule has 8 nitrogen and oxygen atoms in total. The Morgan fingerprint density at radius 2 is 1.64 bits per heavy atom. The van der Waals surface area contributed by atoms with Crippen LogP contribution in [0.2, 0.25) is 0 Å². The van der Waals surface area contributed by atoms with Gasteiger partial charge in [-0.15, -0.1) is 0 Å². The molecule has 3 N–H and O–H groups in total. The highest BCUT2D eigenvalue weighted by molar-refractivity contribution is 5.75. The number of nitrogens with zero attached hydrogens (tertiary/aromatic N) is 6. The van der Waals surface area contributed by atoms with E-state index in [-0.39, 0.29) is 6.61 Å². The minimum Gasteiger partial charge on any atom is -0.395 e. The molecule has 0 spiro atoms. The van der Waals surface area contributed by atoms with Crippen LogP contribution in [0.25, 0.3) is 0 Å². The van der Waals surface area contributed by atoms with Crippen molar-refractivity contribution >= 4 is 17.3 Å². The first kappa shape index (κ1) is 17.5. The molecular formula is C14H21N7O. The number of aliphatic hydroxyl groups is 1. The molecule has 0 atom stereocenters. The van der Waals surface area contributed by atoms with E-state index in [1.807, 2.05) is 16.7 Å². The minimum absolute atomic E-state index is 0.000798. The monoisotopic (exact) mass is 303 g/mol. The van der Waals surface area contributed by atoms with Gasteiger partial charge in [0.05, 0.1) is 31.6 Å². The van der Waals surface area contributed by atoms with Crippen molar-refractivity contribution in [2.45, 2.75) is 19.8 Å². The summed E-state index contributed by atoms with van der Waals surface area (Å²) < 4.78 is 0. The summed E-state index contributed by atoms with van der Waals surface area (Å²) in [6.45, 7) is 3.92. The topological polar surface area (TPSA) is 126 Å². The molecule has 118 valence electrons. The average Bonchev–Trinajstić information content (AvgIpc) is 2.54. The van der Waals surface area contributed by atoms with Gasteiger partial charge in [0.15, 0.2) is 11.6 Å². The fraction of sp³-hybridized carbons (Fsp3) is 0.571. The number of aromatic nitrogens is 2. The van der Waals surface area contributed by atoms with Crippen LogP contribution in [0.1, 0.15) is 19.8 Å². The fourth-order valence-corrected chi connectivity index (χ4v) is 2.11. The lowest BCUT2D eigenvalue weighted by Crippen LogP contribution is -2.31. The van der Waals surface area contributed by atoms with E-state index in [1.54, 1.807) is 0 Å². The third-order valence-electron chi connectivity index (χ3n) is 3.18. The smallest absolute Gasteiger partial charge is 0.157 e. The van der Waals surface area contributed by atoms with E-state index in [9.17, 15) is 0 Å². The second kappa shape index (κ2) is 9.37. The molecule has 0 unspecified atom stereocenters. The molecule has 8 heteroatoms. The first-order chi connectivity index (χ1) is 10.7. The Hall–Kier alpha value is -2.58. The summed E-state index contributed by atoms with van der Waals surface area (Å²) in [5.74, 6) is 1.08. The van der Waals surface area contributed by atoms with Crippen molar-refractivity contribution in [2.24, 2.45) is 0 Å². The van der Waals surface area contributed by atoms with Gasteiger partial charge in [-0.1, -0.05) is 0 Å². The van der Waals surface area contributed by atoms with Gasteiger partial charge in [0.2, 0.25) is 0 Å². The summed E-state index contributed by atoms with van der Waals surface area (Å²) in [5.41, 5.74) is 6.58. The predicted molar refractivity (Wildman–Crippen MR) is 84.1 cm³/mol. The van der Waals surface area contributed by atoms with Gasteiger partial charge in [-0.05, 0) is 6.92 Å². The number of nitrogen functional groups attached to an aromatic ring is 1. The van der Waals surface area contributed by atoms with Crippen LogP contribution in [0.5, 0.6) is 0 Å². The maximum atomic E-state index is 9.12. The van der Waals surface area contributed by atoms with E-state index in [0.29, 0.717) is 56.3 Å². The van der Waals surface area contributed by atoms with Gasteiger partial charge in [0.25, 0.3) is 0 Å². The van der Waals surface area contributed by atoms with Gasteiger partial charge in [-0.2, -0.15) is 10.5 Å². The maximum absolute atomic E-state index is 9.12. The normalized spacial score (nSPS) is 9.82. The van der Waals surface area contributed by atoms with Crippen LogP contribution in [0.4, 0.5) is 17.3 Å². The summed E-state index contributed by atoms with van der Waals surface area (Å²) in [6.07, 6.45) is 2.05. The standard InChI is InChI=1S/C14H21N7O/c1-2-20(9-10-22)13-12(17)14(19-11-18-13)21(7-3-5-15)8-4-6-16/h11,22H,2-4,7-10,17H2,1H3. The first-order valence-electron chi connectivity index (χ1n) is 7.14. The molecule has 0 bridgehead atoms. The lowest BCUT2D eigenvalue weighted by atomic mass is 10.3. The van der Waals surface area contributed by atoms with Crippen LogP contribution >= 0.6 is 0 Å². The second-order valence-electron chi connectivity index (χ2n) is 4.54. The Bertz CT molecular complexity index is 531. The molecule has 22 heavy (non-hydrogen) atoms. The SMILES string of the molecule is CCN(CCO)c1ncnc(N(CCC#N)CCC#N)c1N. The van der Waals surface area contributed by atoms with Crippen molar-refractivity contribution < 1.29 is 5.11 Å². The zero-order valence-corrected chi connectivity index (χ0v) is 12.7. The Morgan fingerprint density at radius 3 is 2.09 bits per heavy atom. The van der Waals surface area contributed by atoms with Crippen LogP contribution in [0.3, 0.4) is 0 Å². The Kier molecular flexibility index (Phi) is 7.44. The molecule has 0 amide bonds. The van der Waals surface area contributed by atoms with Crippen molar-refractivity contribution in [3.63, 3.8) is 0 Å². The van der Waals surface area contributed by atoms with Crippen LogP contribution in [0.15, 0.2) is 6.33 Å². The highest BCUT2D eigenvalue weighted by atomic mass is 16.3. The lowest BCUT2D eigenvalue weighted by Gasteiger charge is -2.27. The largest absolute Gasteiger partial charge is 0.395 e. The van der Waals surface area contributed by atoms with Gasteiger partial charge in [0, 0.05) is 26.2 Å². The molecule has 0 radical (unpaired) electrons. The molecular weight excluding hydrogens is 282 g/mol. The summed E-state index contributed by atoms with van der Waals surface area (Å²) in [7, 11) is 0. The third kappa shape index (κ3) is 4.47. The Balaban J connectivity index is 3.10. The number of rotatable bonds is 9. The summed E-state index contributed by atoms with van der Waals surface area (Å²) in [6, 6.07) is 4.16. The summed E-state index contributed by atoms with van der Waals surface area (Å²) in [4.78, 5) is 12.1. The number of aliphatic hydroxyl groups excluding tert-OH is 1. The van der Waals surface area contributed by atoms with Crippen molar-refractivity contribution in [3.05, 3.63) is 6.33 Å². The van der Waals surface area contributed by atoms with Gasteiger partial charge in [0.1, 0.15) is 12.0 Å². The number of anilines is 3. The third-order valence-corrected chi connectivity index (χ3v) is 3.18. The van der Waals surface area contributed by atoms with E-state index in [0.717, 1.165) is 0 Å². The zero-order chi connectivity index (χ0) is 16.4.